The fraction of sp³-hybridized carbons (Fsp3) is 0.476. The van der Waals surface area contributed by atoms with Crippen molar-refractivity contribution in [3.63, 3.8) is 0 Å². The van der Waals surface area contributed by atoms with E-state index in [9.17, 15) is 10.1 Å². The van der Waals surface area contributed by atoms with Gasteiger partial charge in [-0.25, -0.2) is 4.98 Å². The Morgan fingerprint density at radius 1 is 1.04 bits per heavy atom. The molecule has 134 valence electrons. The van der Waals surface area contributed by atoms with E-state index in [-0.39, 0.29) is 5.56 Å². The Morgan fingerprint density at radius 2 is 1.81 bits per heavy atom. The second kappa shape index (κ2) is 7.33. The molecule has 2 aromatic rings. The van der Waals surface area contributed by atoms with Crippen molar-refractivity contribution < 1.29 is 0 Å². The van der Waals surface area contributed by atoms with Crippen molar-refractivity contribution in [3.05, 3.63) is 57.0 Å². The third-order valence-corrected chi connectivity index (χ3v) is 5.52. The highest BCUT2D eigenvalue weighted by atomic mass is 16.1. The predicted molar refractivity (Wildman–Crippen MR) is 101 cm³/mol. The molecular formula is C21H24N4O. The van der Waals surface area contributed by atoms with E-state index < -0.39 is 0 Å². The number of hydrogen-bond acceptors (Lipinski definition) is 4. The average molecular weight is 348 g/mol. The summed E-state index contributed by atoms with van der Waals surface area (Å²) in [7, 11) is 0. The van der Waals surface area contributed by atoms with Crippen LogP contribution in [0.3, 0.4) is 0 Å². The Kier molecular flexibility index (Phi) is 4.75. The highest BCUT2D eigenvalue weighted by Gasteiger charge is 2.23. The Bertz CT molecular complexity index is 903. The van der Waals surface area contributed by atoms with Crippen LogP contribution in [0.5, 0.6) is 0 Å². The first-order valence-corrected chi connectivity index (χ1v) is 9.63. The maximum absolute atomic E-state index is 13.3. The maximum Gasteiger partial charge on any atom is 0.258 e. The summed E-state index contributed by atoms with van der Waals surface area (Å²) in [5.74, 6) is 0.795. The van der Waals surface area contributed by atoms with Crippen LogP contribution in [-0.2, 0) is 19.4 Å². The van der Waals surface area contributed by atoms with E-state index in [0.29, 0.717) is 12.1 Å². The van der Waals surface area contributed by atoms with Crippen molar-refractivity contribution in [1.29, 1.82) is 5.26 Å². The Balaban J connectivity index is 1.83. The molecule has 1 aromatic heterocycles. The number of aryl methyl sites for hydroxylation is 1. The van der Waals surface area contributed by atoms with Gasteiger partial charge in [0.05, 0.1) is 23.9 Å². The Morgan fingerprint density at radius 3 is 2.62 bits per heavy atom. The van der Waals surface area contributed by atoms with Gasteiger partial charge in [-0.2, -0.15) is 5.26 Å². The van der Waals surface area contributed by atoms with Gasteiger partial charge in [-0.3, -0.25) is 9.36 Å². The Hall–Kier alpha value is -2.61. The summed E-state index contributed by atoms with van der Waals surface area (Å²) in [6.07, 6.45) is 7.41. The predicted octanol–water partition coefficient (Wildman–Crippen LogP) is 3.03. The molecule has 1 aromatic carbocycles. The van der Waals surface area contributed by atoms with E-state index >= 15 is 0 Å². The first-order chi connectivity index (χ1) is 12.8. The first-order valence-electron chi connectivity index (χ1n) is 9.63. The van der Waals surface area contributed by atoms with Crippen LogP contribution in [0.25, 0.3) is 0 Å². The van der Waals surface area contributed by atoms with E-state index in [2.05, 4.69) is 11.0 Å². The van der Waals surface area contributed by atoms with Crippen molar-refractivity contribution in [1.82, 2.24) is 9.55 Å². The van der Waals surface area contributed by atoms with Crippen LogP contribution in [0.1, 0.15) is 54.5 Å². The summed E-state index contributed by atoms with van der Waals surface area (Å²) >= 11 is 0. The van der Waals surface area contributed by atoms with Gasteiger partial charge in [0.1, 0.15) is 0 Å². The zero-order valence-corrected chi connectivity index (χ0v) is 15.1. The van der Waals surface area contributed by atoms with Crippen LogP contribution in [-0.4, -0.2) is 22.6 Å². The molecule has 5 nitrogen and oxygen atoms in total. The number of nitriles is 1. The number of rotatable bonds is 3. The second-order valence-corrected chi connectivity index (χ2v) is 7.25. The van der Waals surface area contributed by atoms with Gasteiger partial charge in [-0.1, -0.05) is 18.2 Å². The third-order valence-electron chi connectivity index (χ3n) is 5.52. The molecule has 0 amide bonds. The number of hydrogen-bond donors (Lipinski definition) is 0. The van der Waals surface area contributed by atoms with Gasteiger partial charge in [0, 0.05) is 18.7 Å². The quantitative estimate of drug-likeness (QED) is 0.855. The standard InChI is InChI=1S/C21H24N4O/c22-14-16-8-2-3-9-17(16)15-25-20(26)18-10-4-5-11-19(18)23-21(25)24-12-6-1-7-13-24/h2-3,8-9H,1,4-7,10-13,15H2. The van der Waals surface area contributed by atoms with Gasteiger partial charge in [0.25, 0.3) is 5.56 Å². The molecule has 1 aliphatic heterocycles. The van der Waals surface area contributed by atoms with Crippen LogP contribution < -0.4 is 10.5 Å². The molecule has 0 radical (unpaired) electrons. The van der Waals surface area contributed by atoms with Gasteiger partial charge in [0.2, 0.25) is 5.95 Å². The zero-order valence-electron chi connectivity index (χ0n) is 15.1. The number of benzene rings is 1. The molecule has 0 unspecified atom stereocenters. The highest BCUT2D eigenvalue weighted by Crippen LogP contribution is 2.23. The minimum absolute atomic E-state index is 0.0861. The molecule has 1 fully saturated rings. The normalized spacial score (nSPS) is 16.8. The van der Waals surface area contributed by atoms with E-state index in [0.717, 1.165) is 74.4 Å². The van der Waals surface area contributed by atoms with Crippen molar-refractivity contribution in [2.24, 2.45) is 0 Å². The SMILES string of the molecule is N#Cc1ccccc1Cn1c(N2CCCCC2)nc2c(c1=O)CCCC2. The van der Waals surface area contributed by atoms with E-state index in [1.807, 2.05) is 28.8 Å². The molecular weight excluding hydrogens is 324 g/mol. The molecule has 4 rings (SSSR count). The number of nitrogens with zero attached hydrogens (tertiary/aromatic N) is 4. The van der Waals surface area contributed by atoms with Crippen molar-refractivity contribution in [2.45, 2.75) is 51.5 Å². The third kappa shape index (κ3) is 3.12. The Labute approximate surface area is 153 Å². The fourth-order valence-corrected chi connectivity index (χ4v) is 4.09. The van der Waals surface area contributed by atoms with Gasteiger partial charge in [-0.15, -0.1) is 0 Å². The molecule has 2 heterocycles. The second-order valence-electron chi connectivity index (χ2n) is 7.25. The minimum Gasteiger partial charge on any atom is -0.342 e. The van der Waals surface area contributed by atoms with E-state index in [1.165, 1.54) is 6.42 Å². The molecule has 2 aliphatic rings. The summed E-state index contributed by atoms with van der Waals surface area (Å²) in [4.78, 5) is 20.5. The molecule has 26 heavy (non-hydrogen) atoms. The highest BCUT2D eigenvalue weighted by molar-refractivity contribution is 5.41. The van der Waals surface area contributed by atoms with Crippen molar-refractivity contribution >= 4 is 5.95 Å². The molecule has 0 saturated carbocycles. The molecule has 0 N–H and O–H groups in total. The van der Waals surface area contributed by atoms with E-state index in [1.54, 1.807) is 0 Å². The lowest BCUT2D eigenvalue weighted by Gasteiger charge is -2.31. The summed E-state index contributed by atoms with van der Waals surface area (Å²) in [5, 5.41) is 9.41. The number of piperidine rings is 1. The molecule has 0 spiro atoms. The lowest BCUT2D eigenvalue weighted by Crippen LogP contribution is -2.39. The average Bonchev–Trinajstić information content (AvgIpc) is 2.71. The molecule has 1 saturated heterocycles. The van der Waals surface area contributed by atoms with Gasteiger partial charge in [-0.05, 0) is 56.6 Å². The van der Waals surface area contributed by atoms with Gasteiger partial charge in [0.15, 0.2) is 0 Å². The largest absolute Gasteiger partial charge is 0.342 e. The number of fused-ring (bicyclic) bond motifs is 1. The van der Waals surface area contributed by atoms with Crippen LogP contribution in [0.15, 0.2) is 29.1 Å². The lowest BCUT2D eigenvalue weighted by atomic mass is 9.97. The molecule has 1 aliphatic carbocycles. The van der Waals surface area contributed by atoms with Crippen molar-refractivity contribution in [3.8, 4) is 6.07 Å². The van der Waals surface area contributed by atoms with Crippen LogP contribution in [0.2, 0.25) is 0 Å². The summed E-state index contributed by atoms with van der Waals surface area (Å²) in [6.45, 7) is 2.31. The number of aromatic nitrogens is 2. The monoisotopic (exact) mass is 348 g/mol. The fourth-order valence-electron chi connectivity index (χ4n) is 4.09. The minimum atomic E-state index is 0.0861. The summed E-state index contributed by atoms with van der Waals surface area (Å²) in [5.41, 5.74) is 3.47. The molecule has 5 heteroatoms. The zero-order chi connectivity index (χ0) is 17.9. The molecule has 0 atom stereocenters. The lowest BCUT2D eigenvalue weighted by molar-refractivity contribution is 0.541. The van der Waals surface area contributed by atoms with E-state index in [4.69, 9.17) is 4.98 Å². The topological polar surface area (TPSA) is 61.9 Å². The van der Waals surface area contributed by atoms with Gasteiger partial charge >= 0.3 is 0 Å². The van der Waals surface area contributed by atoms with Crippen molar-refractivity contribution in [2.75, 3.05) is 18.0 Å². The van der Waals surface area contributed by atoms with Crippen LogP contribution >= 0.6 is 0 Å². The summed E-state index contributed by atoms with van der Waals surface area (Å²) < 4.78 is 1.81. The first kappa shape index (κ1) is 16.8. The maximum atomic E-state index is 13.3. The smallest absolute Gasteiger partial charge is 0.258 e. The van der Waals surface area contributed by atoms with Gasteiger partial charge < -0.3 is 4.90 Å². The van der Waals surface area contributed by atoms with Crippen LogP contribution in [0.4, 0.5) is 5.95 Å². The summed E-state index contributed by atoms with van der Waals surface area (Å²) in [6, 6.07) is 9.78. The molecule has 0 bridgehead atoms. The van der Waals surface area contributed by atoms with Crippen LogP contribution in [0, 0.1) is 11.3 Å². The number of anilines is 1.